The summed E-state index contributed by atoms with van der Waals surface area (Å²) in [6.07, 6.45) is 5.50. The molecule has 10 N–H and O–H groups in total. The normalized spacial score (nSPS) is 14.4. The molecule has 0 atom stereocenters. The minimum absolute atomic E-state index is 0.234. The topological polar surface area (TPSA) is 152 Å². The first kappa shape index (κ1) is 14.9. The van der Waals surface area contributed by atoms with Gasteiger partial charge < -0.3 is 22.9 Å². The molecule has 0 aromatic rings. The van der Waals surface area contributed by atoms with Gasteiger partial charge in [-0.2, -0.15) is 0 Å². The Kier molecular flexibility index (Phi) is 6.67. The zero-order valence-corrected chi connectivity index (χ0v) is 9.76. The average molecular weight is 228 g/mol. The summed E-state index contributed by atoms with van der Waals surface area (Å²) in [4.78, 5) is 0. The van der Waals surface area contributed by atoms with Gasteiger partial charge in [-0.25, -0.2) is 0 Å². The van der Waals surface area contributed by atoms with Crippen molar-refractivity contribution in [2.75, 3.05) is 6.54 Å². The van der Waals surface area contributed by atoms with Gasteiger partial charge in [0.05, 0.1) is 0 Å². The SMILES string of the molecule is N=C(N)C(N)(CCCCCCCN)C(=N)N. The maximum atomic E-state index is 7.34. The summed E-state index contributed by atoms with van der Waals surface area (Å²) in [5, 5.41) is 14.7. The maximum Gasteiger partial charge on any atom is 0.130 e. The minimum Gasteiger partial charge on any atom is -0.386 e. The van der Waals surface area contributed by atoms with Crippen LogP contribution in [0, 0.1) is 10.8 Å². The molecule has 0 heterocycles. The first-order chi connectivity index (χ1) is 7.45. The summed E-state index contributed by atoms with van der Waals surface area (Å²) in [6, 6.07) is 0. The Bertz CT molecular complexity index is 223. The quantitative estimate of drug-likeness (QED) is 0.185. The molecule has 0 aliphatic carbocycles. The maximum absolute atomic E-state index is 7.34. The lowest BCUT2D eigenvalue weighted by Crippen LogP contribution is -2.60. The van der Waals surface area contributed by atoms with Gasteiger partial charge in [-0.05, 0) is 19.4 Å². The van der Waals surface area contributed by atoms with Crippen LogP contribution >= 0.6 is 0 Å². The molecule has 0 aliphatic rings. The molecule has 0 spiro atoms. The van der Waals surface area contributed by atoms with E-state index >= 15 is 0 Å². The molecule has 0 bridgehead atoms. The Morgan fingerprint density at radius 1 is 0.875 bits per heavy atom. The van der Waals surface area contributed by atoms with Crippen LogP contribution in [-0.2, 0) is 0 Å². The van der Waals surface area contributed by atoms with Crippen LogP contribution in [0.3, 0.4) is 0 Å². The predicted octanol–water partition coefficient (Wildman–Crippen LogP) is -0.145. The van der Waals surface area contributed by atoms with Crippen LogP contribution in [0.4, 0.5) is 0 Å². The Labute approximate surface area is 96.8 Å². The van der Waals surface area contributed by atoms with Crippen molar-refractivity contribution in [2.45, 2.75) is 44.1 Å². The smallest absolute Gasteiger partial charge is 0.130 e. The Morgan fingerprint density at radius 3 is 1.75 bits per heavy atom. The van der Waals surface area contributed by atoms with Crippen LogP contribution in [0.5, 0.6) is 0 Å². The number of unbranched alkanes of at least 4 members (excludes halogenated alkanes) is 4. The first-order valence-corrected chi connectivity index (χ1v) is 5.63. The summed E-state index contributed by atoms with van der Waals surface area (Å²) in [5.41, 5.74) is 20.6. The van der Waals surface area contributed by atoms with E-state index in [9.17, 15) is 0 Å². The third-order valence-corrected chi connectivity index (χ3v) is 2.74. The Morgan fingerprint density at radius 2 is 1.31 bits per heavy atom. The number of nitrogens with two attached hydrogens (primary N) is 4. The number of hydrogen-bond donors (Lipinski definition) is 6. The fourth-order valence-electron chi connectivity index (χ4n) is 1.49. The van der Waals surface area contributed by atoms with E-state index in [4.69, 9.17) is 33.8 Å². The van der Waals surface area contributed by atoms with Crippen LogP contribution in [-0.4, -0.2) is 23.8 Å². The van der Waals surface area contributed by atoms with E-state index in [0.717, 1.165) is 38.6 Å². The molecule has 0 amide bonds. The summed E-state index contributed by atoms with van der Waals surface area (Å²) < 4.78 is 0. The molecule has 6 nitrogen and oxygen atoms in total. The largest absolute Gasteiger partial charge is 0.386 e. The van der Waals surface area contributed by atoms with Crippen LogP contribution in [0.2, 0.25) is 0 Å². The first-order valence-electron chi connectivity index (χ1n) is 5.63. The molecule has 0 aromatic heterocycles. The molecule has 0 saturated heterocycles. The van der Waals surface area contributed by atoms with Crippen molar-refractivity contribution in [3.63, 3.8) is 0 Å². The second-order valence-corrected chi connectivity index (χ2v) is 4.11. The van der Waals surface area contributed by atoms with Gasteiger partial charge in [0.25, 0.3) is 0 Å². The highest BCUT2D eigenvalue weighted by atomic mass is 15.0. The van der Waals surface area contributed by atoms with Gasteiger partial charge in [-0.3, -0.25) is 10.8 Å². The van der Waals surface area contributed by atoms with E-state index in [2.05, 4.69) is 0 Å². The number of amidine groups is 2. The second kappa shape index (κ2) is 7.19. The molecule has 16 heavy (non-hydrogen) atoms. The summed E-state index contributed by atoms with van der Waals surface area (Å²) in [5.74, 6) is -0.469. The lowest BCUT2D eigenvalue weighted by atomic mass is 9.90. The number of hydrogen-bond acceptors (Lipinski definition) is 4. The zero-order valence-electron chi connectivity index (χ0n) is 9.76. The van der Waals surface area contributed by atoms with Gasteiger partial charge in [0.1, 0.15) is 17.2 Å². The van der Waals surface area contributed by atoms with Crippen LogP contribution < -0.4 is 22.9 Å². The molecule has 0 aliphatic heterocycles. The van der Waals surface area contributed by atoms with Crippen molar-refractivity contribution in [3.8, 4) is 0 Å². The fraction of sp³-hybridized carbons (Fsp3) is 0.800. The van der Waals surface area contributed by atoms with Gasteiger partial charge in [-0.15, -0.1) is 0 Å². The average Bonchev–Trinajstić information content (AvgIpc) is 2.22. The highest BCUT2D eigenvalue weighted by molar-refractivity contribution is 6.10. The van der Waals surface area contributed by atoms with Gasteiger partial charge in [0.2, 0.25) is 0 Å². The summed E-state index contributed by atoms with van der Waals surface area (Å²) in [6.45, 7) is 0.724. The minimum atomic E-state index is -1.26. The zero-order chi connectivity index (χ0) is 12.6. The van der Waals surface area contributed by atoms with Crippen molar-refractivity contribution >= 4 is 11.7 Å². The molecule has 6 heteroatoms. The number of rotatable bonds is 9. The molecular formula is C10H24N6. The molecule has 0 saturated carbocycles. The van der Waals surface area contributed by atoms with E-state index in [0.29, 0.717) is 6.42 Å². The lowest BCUT2D eigenvalue weighted by Gasteiger charge is -2.26. The monoisotopic (exact) mass is 228 g/mol. The predicted molar refractivity (Wildman–Crippen MR) is 67.5 cm³/mol. The highest BCUT2D eigenvalue weighted by Gasteiger charge is 2.31. The van der Waals surface area contributed by atoms with Crippen molar-refractivity contribution < 1.29 is 0 Å². The van der Waals surface area contributed by atoms with Crippen LogP contribution in [0.15, 0.2) is 0 Å². The van der Waals surface area contributed by atoms with E-state index in [1.165, 1.54) is 0 Å². The van der Waals surface area contributed by atoms with Crippen LogP contribution in [0.25, 0.3) is 0 Å². The van der Waals surface area contributed by atoms with E-state index in [-0.39, 0.29) is 11.7 Å². The van der Waals surface area contributed by atoms with Crippen molar-refractivity contribution in [2.24, 2.45) is 22.9 Å². The molecular weight excluding hydrogens is 204 g/mol. The molecule has 0 unspecified atom stereocenters. The third kappa shape index (κ3) is 4.59. The van der Waals surface area contributed by atoms with Crippen molar-refractivity contribution in [3.05, 3.63) is 0 Å². The molecule has 0 radical (unpaired) electrons. The lowest BCUT2D eigenvalue weighted by molar-refractivity contribution is 0.548. The van der Waals surface area contributed by atoms with Gasteiger partial charge in [0, 0.05) is 0 Å². The standard InChI is InChI=1S/C10H24N6/c11-7-5-3-1-2-4-6-10(16,8(12)13)9(14)15/h1-7,11,16H2,(H3,12,13)(H3,14,15). The third-order valence-electron chi connectivity index (χ3n) is 2.74. The fourth-order valence-corrected chi connectivity index (χ4v) is 1.49. The van der Waals surface area contributed by atoms with Crippen molar-refractivity contribution in [1.29, 1.82) is 10.8 Å². The number of nitrogens with one attached hydrogen (secondary N) is 2. The molecule has 0 fully saturated rings. The van der Waals surface area contributed by atoms with Gasteiger partial charge in [0.15, 0.2) is 0 Å². The molecule has 0 rings (SSSR count). The summed E-state index contributed by atoms with van der Waals surface area (Å²) in [7, 11) is 0. The van der Waals surface area contributed by atoms with Crippen molar-refractivity contribution in [1.82, 2.24) is 0 Å². The Balaban J connectivity index is 3.88. The molecule has 94 valence electrons. The van der Waals surface area contributed by atoms with E-state index < -0.39 is 5.54 Å². The van der Waals surface area contributed by atoms with Gasteiger partial charge in [-0.1, -0.05) is 25.7 Å². The van der Waals surface area contributed by atoms with Crippen LogP contribution in [0.1, 0.15) is 38.5 Å². The second-order valence-electron chi connectivity index (χ2n) is 4.11. The van der Waals surface area contributed by atoms with Gasteiger partial charge >= 0.3 is 0 Å². The van der Waals surface area contributed by atoms with E-state index in [1.807, 2.05) is 0 Å². The van der Waals surface area contributed by atoms with E-state index in [1.54, 1.807) is 0 Å². The molecule has 0 aromatic carbocycles. The summed E-state index contributed by atoms with van der Waals surface area (Å²) >= 11 is 0. The highest BCUT2D eigenvalue weighted by Crippen LogP contribution is 2.13. The Hall–Kier alpha value is -1.14.